The molecule has 2 saturated heterocycles. The molecule has 2 fully saturated rings. The van der Waals surface area contributed by atoms with Crippen molar-refractivity contribution in [2.24, 2.45) is 5.92 Å². The van der Waals surface area contributed by atoms with Crippen molar-refractivity contribution in [3.05, 3.63) is 29.3 Å². The van der Waals surface area contributed by atoms with Crippen molar-refractivity contribution in [2.45, 2.75) is 44.2 Å². The highest BCUT2D eigenvalue weighted by Crippen LogP contribution is 2.33. The van der Waals surface area contributed by atoms with Gasteiger partial charge in [-0.05, 0) is 37.8 Å². The largest absolute Gasteiger partial charge is 0.491 e. The molecule has 0 spiro atoms. The first-order chi connectivity index (χ1) is 10.1. The minimum absolute atomic E-state index is 0.107. The van der Waals surface area contributed by atoms with Crippen molar-refractivity contribution >= 4 is 5.78 Å². The molecule has 0 amide bonds. The molecule has 2 bridgehead atoms. The van der Waals surface area contributed by atoms with Gasteiger partial charge in [-0.3, -0.25) is 4.79 Å². The normalized spacial score (nSPS) is 28.2. The Morgan fingerprint density at radius 2 is 1.76 bits per heavy atom. The van der Waals surface area contributed by atoms with E-state index in [0.717, 1.165) is 37.8 Å². The van der Waals surface area contributed by atoms with Gasteiger partial charge in [0.15, 0.2) is 23.2 Å². The summed E-state index contributed by atoms with van der Waals surface area (Å²) in [5.74, 6) is -2.39. The molecule has 0 aliphatic carbocycles. The van der Waals surface area contributed by atoms with Gasteiger partial charge in [0.2, 0.25) is 0 Å². The van der Waals surface area contributed by atoms with Crippen molar-refractivity contribution in [2.75, 3.05) is 7.11 Å². The summed E-state index contributed by atoms with van der Waals surface area (Å²) in [5, 5.41) is 3.51. The lowest BCUT2D eigenvalue weighted by atomic mass is 9.77. The Kier molecular flexibility index (Phi) is 3.93. The number of rotatable bonds is 3. The van der Waals surface area contributed by atoms with Crippen LogP contribution in [0.4, 0.5) is 8.78 Å². The number of carbonyl (C=O) groups is 1. The summed E-state index contributed by atoms with van der Waals surface area (Å²) in [6.07, 6.45) is 4.85. The summed E-state index contributed by atoms with van der Waals surface area (Å²) in [6.45, 7) is 0. The van der Waals surface area contributed by atoms with Crippen molar-refractivity contribution in [1.82, 2.24) is 5.32 Å². The number of methoxy groups -OCH3 is 1. The number of carbonyl (C=O) groups excluding carboxylic acids is 1. The monoisotopic (exact) mass is 295 g/mol. The molecule has 1 aromatic carbocycles. The van der Waals surface area contributed by atoms with Gasteiger partial charge in [-0.2, -0.15) is 0 Å². The Morgan fingerprint density at radius 3 is 2.29 bits per heavy atom. The molecule has 5 heteroatoms. The number of piperidine rings is 2. The minimum Gasteiger partial charge on any atom is -0.491 e. The van der Waals surface area contributed by atoms with Crippen molar-refractivity contribution in [3.8, 4) is 5.75 Å². The Morgan fingerprint density at radius 1 is 1.19 bits per heavy atom. The van der Waals surface area contributed by atoms with Gasteiger partial charge in [0.25, 0.3) is 0 Å². The average molecular weight is 295 g/mol. The van der Waals surface area contributed by atoms with Crippen LogP contribution in [0.25, 0.3) is 0 Å². The Balaban J connectivity index is 1.82. The van der Waals surface area contributed by atoms with E-state index in [4.69, 9.17) is 0 Å². The van der Waals surface area contributed by atoms with Crippen LogP contribution in [-0.2, 0) is 0 Å². The van der Waals surface area contributed by atoms with Gasteiger partial charge in [0.1, 0.15) is 0 Å². The summed E-state index contributed by atoms with van der Waals surface area (Å²) >= 11 is 0. The maximum atomic E-state index is 13.7. The number of hydrogen-bond acceptors (Lipinski definition) is 3. The molecule has 114 valence electrons. The fraction of sp³-hybridized carbons (Fsp3) is 0.562. The van der Waals surface area contributed by atoms with E-state index >= 15 is 0 Å². The van der Waals surface area contributed by atoms with Gasteiger partial charge in [0.05, 0.1) is 7.11 Å². The van der Waals surface area contributed by atoms with Crippen LogP contribution in [-0.4, -0.2) is 25.0 Å². The molecule has 2 aliphatic rings. The first-order valence-corrected chi connectivity index (χ1v) is 7.41. The molecule has 1 N–H and O–H groups in total. The van der Waals surface area contributed by atoms with E-state index in [0.29, 0.717) is 12.1 Å². The molecular formula is C16H19F2NO2. The highest BCUT2D eigenvalue weighted by molar-refractivity contribution is 5.98. The maximum absolute atomic E-state index is 13.7. The molecule has 2 heterocycles. The van der Waals surface area contributed by atoms with Crippen molar-refractivity contribution in [1.29, 1.82) is 0 Å². The molecule has 0 saturated carbocycles. The second-order valence-electron chi connectivity index (χ2n) is 6.00. The van der Waals surface area contributed by atoms with Crippen LogP contribution in [0, 0.1) is 17.6 Å². The minimum atomic E-state index is -0.824. The van der Waals surface area contributed by atoms with Crippen LogP contribution in [0.15, 0.2) is 12.1 Å². The summed E-state index contributed by atoms with van der Waals surface area (Å²) in [7, 11) is 1.21. The summed E-state index contributed by atoms with van der Waals surface area (Å²) < 4.78 is 32.1. The fourth-order valence-corrected chi connectivity index (χ4v) is 3.61. The van der Waals surface area contributed by atoms with E-state index in [1.54, 1.807) is 0 Å². The SMILES string of the molecule is COc1c(F)cc(C(=O)C2CC3CCCC(C2)N3)cc1F. The molecule has 21 heavy (non-hydrogen) atoms. The van der Waals surface area contributed by atoms with Gasteiger partial charge in [-0.1, -0.05) is 6.42 Å². The van der Waals surface area contributed by atoms with Crippen LogP contribution < -0.4 is 10.1 Å². The quantitative estimate of drug-likeness (QED) is 0.871. The fourth-order valence-electron chi connectivity index (χ4n) is 3.61. The number of Topliss-reactive ketones (excluding diaryl/α,β-unsaturated/α-hetero) is 1. The van der Waals surface area contributed by atoms with Crippen LogP contribution in [0.2, 0.25) is 0 Å². The Labute approximate surface area is 122 Å². The topological polar surface area (TPSA) is 38.3 Å². The van der Waals surface area contributed by atoms with Gasteiger partial charge in [-0.25, -0.2) is 8.78 Å². The average Bonchev–Trinajstić information content (AvgIpc) is 2.45. The predicted octanol–water partition coefficient (Wildman–Crippen LogP) is 3.08. The standard InChI is InChI=1S/C16H19F2NO2/c1-21-16-13(17)7-10(8-14(16)18)15(20)9-5-11-3-2-4-12(6-9)19-11/h7-9,11-12,19H,2-6H2,1H3. The van der Waals surface area contributed by atoms with E-state index in [9.17, 15) is 13.6 Å². The molecule has 2 atom stereocenters. The van der Waals surface area contributed by atoms with Crippen molar-refractivity contribution in [3.63, 3.8) is 0 Å². The maximum Gasteiger partial charge on any atom is 0.190 e. The number of nitrogens with one attached hydrogen (secondary N) is 1. The number of ketones is 1. The zero-order chi connectivity index (χ0) is 15.0. The molecule has 3 nitrogen and oxygen atoms in total. The van der Waals surface area contributed by atoms with Gasteiger partial charge < -0.3 is 10.1 Å². The van der Waals surface area contributed by atoms with E-state index in [1.165, 1.54) is 13.5 Å². The lowest BCUT2D eigenvalue weighted by Crippen LogP contribution is -2.50. The zero-order valence-corrected chi connectivity index (χ0v) is 12.0. The number of benzene rings is 1. The number of halogens is 2. The number of ether oxygens (including phenoxy) is 1. The number of fused-ring (bicyclic) bond motifs is 2. The van der Waals surface area contributed by atoms with E-state index in [2.05, 4.69) is 10.1 Å². The first kappa shape index (κ1) is 14.4. The highest BCUT2D eigenvalue weighted by Gasteiger charge is 2.35. The molecular weight excluding hydrogens is 276 g/mol. The van der Waals surface area contributed by atoms with Crippen LogP contribution >= 0.6 is 0 Å². The van der Waals surface area contributed by atoms with E-state index in [-0.39, 0.29) is 17.3 Å². The zero-order valence-electron chi connectivity index (χ0n) is 12.0. The second kappa shape index (κ2) is 5.72. The number of hydrogen-bond donors (Lipinski definition) is 1. The molecule has 0 aromatic heterocycles. The first-order valence-electron chi connectivity index (χ1n) is 7.41. The third-order valence-electron chi connectivity index (χ3n) is 4.57. The molecule has 0 radical (unpaired) electrons. The van der Waals surface area contributed by atoms with Gasteiger partial charge >= 0.3 is 0 Å². The molecule has 1 aromatic rings. The lowest BCUT2D eigenvalue weighted by Gasteiger charge is -2.39. The third kappa shape index (κ3) is 2.79. The summed E-state index contributed by atoms with van der Waals surface area (Å²) in [6, 6.07) is 2.89. The molecule has 2 aliphatic heterocycles. The predicted molar refractivity (Wildman–Crippen MR) is 74.5 cm³/mol. The van der Waals surface area contributed by atoms with Crippen molar-refractivity contribution < 1.29 is 18.3 Å². The van der Waals surface area contributed by atoms with Crippen LogP contribution in [0.5, 0.6) is 5.75 Å². The van der Waals surface area contributed by atoms with Gasteiger partial charge in [-0.15, -0.1) is 0 Å². The van der Waals surface area contributed by atoms with Gasteiger partial charge in [0, 0.05) is 23.6 Å². The Hall–Kier alpha value is -1.49. The van der Waals surface area contributed by atoms with Crippen LogP contribution in [0.3, 0.4) is 0 Å². The summed E-state index contributed by atoms with van der Waals surface area (Å²) in [5.41, 5.74) is 0.107. The highest BCUT2D eigenvalue weighted by atomic mass is 19.1. The van der Waals surface area contributed by atoms with E-state index < -0.39 is 17.4 Å². The van der Waals surface area contributed by atoms with E-state index in [1.807, 2.05) is 0 Å². The molecule has 2 unspecified atom stereocenters. The summed E-state index contributed by atoms with van der Waals surface area (Å²) in [4.78, 5) is 12.5. The molecule has 3 rings (SSSR count). The lowest BCUT2D eigenvalue weighted by molar-refractivity contribution is 0.0824. The third-order valence-corrected chi connectivity index (χ3v) is 4.57. The smallest absolute Gasteiger partial charge is 0.190 e. The second-order valence-corrected chi connectivity index (χ2v) is 6.00. The Bertz CT molecular complexity index is 526. The van der Waals surface area contributed by atoms with Crippen LogP contribution in [0.1, 0.15) is 42.5 Å².